The summed E-state index contributed by atoms with van der Waals surface area (Å²) in [6.45, 7) is -0.00838. The van der Waals surface area contributed by atoms with E-state index in [9.17, 15) is 13.2 Å². The lowest BCUT2D eigenvalue weighted by Gasteiger charge is -2.07. The summed E-state index contributed by atoms with van der Waals surface area (Å²) >= 11 is 7.03. The van der Waals surface area contributed by atoms with Crippen molar-refractivity contribution in [3.63, 3.8) is 0 Å². The van der Waals surface area contributed by atoms with Crippen LogP contribution in [0, 0.1) is 0 Å². The van der Waals surface area contributed by atoms with Gasteiger partial charge in [-0.25, -0.2) is 18.2 Å². The van der Waals surface area contributed by atoms with Crippen LogP contribution in [-0.4, -0.2) is 45.1 Å². The number of carbonyl (C=O) groups is 1. The first kappa shape index (κ1) is 24.6. The molecule has 0 saturated carbocycles. The fourth-order valence-corrected chi connectivity index (χ4v) is 3.62. The molecule has 0 fully saturated rings. The molecule has 8 nitrogen and oxygen atoms in total. The quantitative estimate of drug-likeness (QED) is 0.204. The standard InChI is InChI=1S/C20H21ClN4O4S2/c1-29-20(26)17(22)11-14(25-18-9-4-3-8-16(18)21)12-24-19(30-23)13-6-5-7-15(10-13)31(2,27)28/h3-11H,12,22-23H2,1-2H3/b17-11-,24-19?,25-14?. The summed E-state index contributed by atoms with van der Waals surface area (Å²) in [5.41, 5.74) is 6.91. The van der Waals surface area contributed by atoms with E-state index in [-0.39, 0.29) is 17.1 Å². The number of nitrogens with two attached hydrogens (primary N) is 2. The molecule has 0 aliphatic carbocycles. The Bertz CT molecular complexity index is 1160. The first-order valence-corrected chi connectivity index (χ1v) is 11.9. The molecule has 0 aliphatic heterocycles. The van der Waals surface area contributed by atoms with Gasteiger partial charge in [0.15, 0.2) is 9.84 Å². The zero-order valence-corrected chi connectivity index (χ0v) is 19.2. The number of rotatable bonds is 7. The van der Waals surface area contributed by atoms with Crippen molar-refractivity contribution in [2.45, 2.75) is 4.90 Å². The molecule has 0 radical (unpaired) electrons. The Morgan fingerprint density at radius 3 is 2.55 bits per heavy atom. The van der Waals surface area contributed by atoms with Crippen LogP contribution >= 0.6 is 23.5 Å². The van der Waals surface area contributed by atoms with E-state index in [1.165, 1.54) is 25.3 Å². The predicted molar refractivity (Wildman–Crippen MR) is 126 cm³/mol. The maximum Gasteiger partial charge on any atom is 0.353 e. The number of ether oxygens (including phenoxy) is 1. The first-order valence-electron chi connectivity index (χ1n) is 8.75. The molecule has 11 heteroatoms. The molecular formula is C20H21ClN4O4S2. The van der Waals surface area contributed by atoms with Gasteiger partial charge in [0.25, 0.3) is 0 Å². The Morgan fingerprint density at radius 1 is 1.23 bits per heavy atom. The van der Waals surface area contributed by atoms with Gasteiger partial charge in [0.2, 0.25) is 0 Å². The molecule has 4 N–H and O–H groups in total. The van der Waals surface area contributed by atoms with E-state index in [4.69, 9.17) is 22.5 Å². The van der Waals surface area contributed by atoms with Crippen LogP contribution < -0.4 is 10.9 Å². The smallest absolute Gasteiger partial charge is 0.353 e. The van der Waals surface area contributed by atoms with E-state index >= 15 is 0 Å². The Hall–Kier alpha value is -2.66. The Morgan fingerprint density at radius 2 is 1.94 bits per heavy atom. The summed E-state index contributed by atoms with van der Waals surface area (Å²) in [5.74, 6) is -0.717. The van der Waals surface area contributed by atoms with Crippen molar-refractivity contribution in [1.82, 2.24) is 0 Å². The molecule has 164 valence electrons. The molecule has 0 unspecified atom stereocenters. The SMILES string of the molecule is COC(=O)/C(N)=C/C(CN=C(SN)c1cccc(S(C)(=O)=O)c1)=Nc1ccccc1Cl. The minimum absolute atomic E-state index is 0.00838. The number of hydrogen-bond donors (Lipinski definition) is 2. The normalized spacial score (nSPS) is 13.2. The number of aliphatic imine (C=N–C) groups is 2. The lowest BCUT2D eigenvalue weighted by atomic mass is 10.2. The van der Waals surface area contributed by atoms with Crippen molar-refractivity contribution < 1.29 is 17.9 Å². The first-order chi connectivity index (χ1) is 14.7. The van der Waals surface area contributed by atoms with Gasteiger partial charge in [-0.1, -0.05) is 35.9 Å². The van der Waals surface area contributed by atoms with Crippen LogP contribution in [-0.2, 0) is 19.4 Å². The number of para-hydroxylation sites is 1. The molecule has 2 aromatic rings. The number of hydrogen-bond acceptors (Lipinski definition) is 9. The van der Waals surface area contributed by atoms with Gasteiger partial charge in [-0.3, -0.25) is 10.1 Å². The minimum atomic E-state index is -3.39. The number of carbonyl (C=O) groups excluding carboxylic acids is 1. The molecule has 0 spiro atoms. The van der Waals surface area contributed by atoms with E-state index in [1.54, 1.807) is 36.4 Å². The molecule has 0 aliphatic rings. The van der Waals surface area contributed by atoms with Gasteiger partial charge in [0.1, 0.15) is 10.7 Å². The van der Waals surface area contributed by atoms with Crippen molar-refractivity contribution in [3.05, 3.63) is 70.9 Å². The molecular weight excluding hydrogens is 460 g/mol. The fraction of sp³-hybridized carbons (Fsp3) is 0.150. The molecule has 0 bridgehead atoms. The van der Waals surface area contributed by atoms with Crippen molar-refractivity contribution in [1.29, 1.82) is 0 Å². The fourth-order valence-electron chi connectivity index (χ4n) is 2.38. The number of halogens is 1. The molecule has 2 rings (SSSR count). The highest BCUT2D eigenvalue weighted by molar-refractivity contribution is 8.12. The Kier molecular flexibility index (Phi) is 8.81. The van der Waals surface area contributed by atoms with Crippen LogP contribution in [0.25, 0.3) is 0 Å². The topological polar surface area (TPSA) is 137 Å². The van der Waals surface area contributed by atoms with Crippen LogP contribution in [0.15, 0.2) is 75.2 Å². The van der Waals surface area contributed by atoms with Crippen LogP contribution in [0.3, 0.4) is 0 Å². The number of methoxy groups -OCH3 is 1. The molecule has 0 amide bonds. The summed E-state index contributed by atoms with van der Waals surface area (Å²) < 4.78 is 28.3. The second kappa shape index (κ2) is 11.1. The molecule has 0 atom stereocenters. The van der Waals surface area contributed by atoms with Crippen molar-refractivity contribution >= 4 is 55.8 Å². The van der Waals surface area contributed by atoms with E-state index in [0.717, 1.165) is 18.2 Å². The lowest BCUT2D eigenvalue weighted by molar-refractivity contribution is -0.136. The molecule has 0 heterocycles. The van der Waals surface area contributed by atoms with Gasteiger partial charge in [0.05, 0.1) is 35.0 Å². The third-order valence-electron chi connectivity index (χ3n) is 3.87. The summed E-state index contributed by atoms with van der Waals surface area (Å²) in [6.07, 6.45) is 2.46. The monoisotopic (exact) mass is 480 g/mol. The van der Waals surface area contributed by atoms with Crippen LogP contribution in [0.4, 0.5) is 5.69 Å². The second-order valence-electron chi connectivity index (χ2n) is 6.19. The van der Waals surface area contributed by atoms with E-state index in [1.807, 2.05) is 0 Å². The minimum Gasteiger partial charge on any atom is -0.464 e. The highest BCUT2D eigenvalue weighted by Gasteiger charge is 2.12. The van der Waals surface area contributed by atoms with Crippen LogP contribution in [0.5, 0.6) is 0 Å². The number of sulfone groups is 1. The van der Waals surface area contributed by atoms with Crippen molar-refractivity contribution in [3.8, 4) is 0 Å². The molecule has 0 saturated heterocycles. The third-order valence-corrected chi connectivity index (χ3v) is 5.88. The maximum absolute atomic E-state index is 11.8. The van der Waals surface area contributed by atoms with Gasteiger partial charge < -0.3 is 10.5 Å². The summed E-state index contributed by atoms with van der Waals surface area (Å²) in [4.78, 5) is 20.7. The second-order valence-corrected chi connectivity index (χ2v) is 9.23. The zero-order chi connectivity index (χ0) is 23.0. The van der Waals surface area contributed by atoms with Gasteiger partial charge in [0, 0.05) is 11.8 Å². The summed E-state index contributed by atoms with van der Waals surface area (Å²) in [5, 5.41) is 6.54. The number of benzene rings is 2. The van der Waals surface area contributed by atoms with Crippen molar-refractivity contribution in [2.24, 2.45) is 20.9 Å². The number of esters is 1. The number of nitrogens with zero attached hydrogens (tertiary/aromatic N) is 2. The van der Waals surface area contributed by atoms with Crippen LogP contribution in [0.2, 0.25) is 5.02 Å². The van der Waals surface area contributed by atoms with Gasteiger partial charge in [-0.05, 0) is 42.3 Å². The molecule has 31 heavy (non-hydrogen) atoms. The van der Waals surface area contributed by atoms with Crippen LogP contribution in [0.1, 0.15) is 5.56 Å². The van der Waals surface area contributed by atoms with E-state index in [0.29, 0.717) is 27.0 Å². The average Bonchev–Trinajstić information content (AvgIpc) is 2.74. The molecule has 0 aromatic heterocycles. The van der Waals surface area contributed by atoms with Gasteiger partial charge >= 0.3 is 5.97 Å². The predicted octanol–water partition coefficient (Wildman–Crippen LogP) is 2.89. The van der Waals surface area contributed by atoms with E-state index in [2.05, 4.69) is 14.7 Å². The average molecular weight is 481 g/mol. The molecule has 2 aromatic carbocycles. The Balaban J connectivity index is 2.47. The van der Waals surface area contributed by atoms with Crippen molar-refractivity contribution in [2.75, 3.05) is 19.9 Å². The third kappa shape index (κ3) is 7.21. The maximum atomic E-state index is 11.8. The highest BCUT2D eigenvalue weighted by Crippen LogP contribution is 2.24. The largest absolute Gasteiger partial charge is 0.464 e. The summed E-state index contributed by atoms with van der Waals surface area (Å²) in [6, 6.07) is 13.2. The zero-order valence-electron chi connectivity index (χ0n) is 16.8. The highest BCUT2D eigenvalue weighted by atomic mass is 35.5. The Labute approximate surface area is 190 Å². The van der Waals surface area contributed by atoms with Gasteiger partial charge in [-0.2, -0.15) is 0 Å². The van der Waals surface area contributed by atoms with Gasteiger partial charge in [-0.15, -0.1) is 0 Å². The lowest BCUT2D eigenvalue weighted by Crippen LogP contribution is -2.16. The van der Waals surface area contributed by atoms with E-state index < -0.39 is 15.8 Å². The summed E-state index contributed by atoms with van der Waals surface area (Å²) in [7, 11) is -2.18.